The van der Waals surface area contributed by atoms with Crippen LogP contribution in [0.5, 0.6) is 0 Å². The van der Waals surface area contributed by atoms with Crippen LogP contribution >= 0.6 is 0 Å². The normalized spacial score (nSPS) is 36.6. The highest BCUT2D eigenvalue weighted by atomic mass is 16.6. The number of carbonyl (C=O) groups is 1. The zero-order chi connectivity index (χ0) is 11.5. The Labute approximate surface area is 94.9 Å². The van der Waals surface area contributed by atoms with E-state index in [-0.39, 0.29) is 24.5 Å². The molecule has 1 aliphatic carbocycles. The van der Waals surface area contributed by atoms with Crippen LogP contribution in [0, 0.1) is 5.92 Å². The lowest BCUT2D eigenvalue weighted by molar-refractivity contribution is -0.137. The molecule has 4 atom stereocenters. The number of hydrogen-bond donors (Lipinski definition) is 2. The van der Waals surface area contributed by atoms with Gasteiger partial charge in [-0.25, -0.2) is 0 Å². The number of fused-ring (bicyclic) bond motifs is 1. The van der Waals surface area contributed by atoms with E-state index in [9.17, 15) is 9.90 Å². The van der Waals surface area contributed by atoms with E-state index in [0.717, 1.165) is 19.3 Å². The van der Waals surface area contributed by atoms with E-state index in [1.54, 1.807) is 0 Å². The molecule has 0 spiro atoms. The third kappa shape index (κ3) is 2.83. The average Bonchev–Trinajstić information content (AvgIpc) is 2.89. The topological polar surface area (TPSA) is 70.1 Å². The second kappa shape index (κ2) is 4.97. The fourth-order valence-electron chi connectivity index (χ4n) is 2.39. The monoisotopic (exact) mass is 226 g/mol. The summed E-state index contributed by atoms with van der Waals surface area (Å²) in [7, 11) is 0. The minimum atomic E-state index is -0.742. The Bertz CT molecular complexity index is 285. The summed E-state index contributed by atoms with van der Waals surface area (Å²) in [5.41, 5.74) is 0. The second-order valence-electron chi connectivity index (χ2n) is 4.60. The Kier molecular flexibility index (Phi) is 3.61. The number of carboxylic acid groups (broad SMARTS) is 1. The SMILES string of the molecule is O=C(O)CCCC=CC[C@@H]1[C@@H]2O[C@@H]2C[C@@H]1O. The molecule has 0 aromatic heterocycles. The maximum absolute atomic E-state index is 10.3. The molecule has 1 heterocycles. The molecule has 90 valence electrons. The maximum atomic E-state index is 10.3. The summed E-state index contributed by atoms with van der Waals surface area (Å²) in [4.78, 5) is 10.3. The van der Waals surface area contributed by atoms with Gasteiger partial charge in [-0.2, -0.15) is 0 Å². The molecule has 1 saturated heterocycles. The van der Waals surface area contributed by atoms with Gasteiger partial charge in [-0.3, -0.25) is 4.79 Å². The molecule has 0 radical (unpaired) electrons. The highest BCUT2D eigenvalue weighted by molar-refractivity contribution is 5.66. The van der Waals surface area contributed by atoms with E-state index in [4.69, 9.17) is 9.84 Å². The first-order valence-corrected chi connectivity index (χ1v) is 5.89. The summed E-state index contributed by atoms with van der Waals surface area (Å²) in [6.07, 6.45) is 7.74. The first-order valence-electron chi connectivity index (χ1n) is 5.89. The van der Waals surface area contributed by atoms with E-state index in [1.807, 2.05) is 12.2 Å². The van der Waals surface area contributed by atoms with Gasteiger partial charge in [0, 0.05) is 18.8 Å². The molecule has 0 aromatic carbocycles. The third-order valence-corrected chi connectivity index (χ3v) is 3.35. The predicted octanol–water partition coefficient (Wildman–Crippen LogP) is 1.34. The Morgan fingerprint density at radius 3 is 2.88 bits per heavy atom. The quantitative estimate of drug-likeness (QED) is 0.407. The number of hydrogen-bond acceptors (Lipinski definition) is 3. The fourth-order valence-corrected chi connectivity index (χ4v) is 2.39. The molecular formula is C12H18O4. The van der Waals surface area contributed by atoms with Gasteiger partial charge in [0.1, 0.15) is 0 Å². The zero-order valence-corrected chi connectivity index (χ0v) is 9.21. The molecule has 0 amide bonds. The molecule has 4 nitrogen and oxygen atoms in total. The smallest absolute Gasteiger partial charge is 0.303 e. The minimum absolute atomic E-state index is 0.215. The van der Waals surface area contributed by atoms with E-state index < -0.39 is 5.97 Å². The maximum Gasteiger partial charge on any atom is 0.303 e. The van der Waals surface area contributed by atoms with Gasteiger partial charge in [0.05, 0.1) is 18.3 Å². The van der Waals surface area contributed by atoms with Crippen LogP contribution in [0.2, 0.25) is 0 Å². The summed E-state index contributed by atoms with van der Waals surface area (Å²) in [6.45, 7) is 0. The number of aliphatic hydroxyl groups is 1. The summed E-state index contributed by atoms with van der Waals surface area (Å²) in [5, 5.41) is 18.1. The summed E-state index contributed by atoms with van der Waals surface area (Å²) in [6, 6.07) is 0. The van der Waals surface area contributed by atoms with Crippen molar-refractivity contribution in [3.05, 3.63) is 12.2 Å². The van der Waals surface area contributed by atoms with Crippen molar-refractivity contribution in [2.45, 2.75) is 50.4 Å². The average molecular weight is 226 g/mol. The lowest BCUT2D eigenvalue weighted by Crippen LogP contribution is -2.19. The van der Waals surface area contributed by atoms with Crippen LogP contribution in [0.3, 0.4) is 0 Å². The highest BCUT2D eigenvalue weighted by Gasteiger charge is 2.54. The number of rotatable bonds is 6. The van der Waals surface area contributed by atoms with Crippen molar-refractivity contribution < 1.29 is 19.7 Å². The molecule has 2 aliphatic rings. The largest absolute Gasteiger partial charge is 0.481 e. The van der Waals surface area contributed by atoms with Crippen molar-refractivity contribution in [3.63, 3.8) is 0 Å². The van der Waals surface area contributed by atoms with Crippen molar-refractivity contribution in [2.75, 3.05) is 0 Å². The number of carboxylic acids is 1. The van der Waals surface area contributed by atoms with Crippen molar-refractivity contribution >= 4 is 5.97 Å². The van der Waals surface area contributed by atoms with Gasteiger partial charge >= 0.3 is 5.97 Å². The minimum Gasteiger partial charge on any atom is -0.481 e. The van der Waals surface area contributed by atoms with Crippen LogP contribution in [-0.4, -0.2) is 34.5 Å². The van der Waals surface area contributed by atoms with Crippen LogP contribution < -0.4 is 0 Å². The molecule has 1 saturated carbocycles. The van der Waals surface area contributed by atoms with Crippen LogP contribution in [0.25, 0.3) is 0 Å². The van der Waals surface area contributed by atoms with Crippen LogP contribution in [0.15, 0.2) is 12.2 Å². The number of aliphatic carboxylic acids is 1. The molecule has 4 heteroatoms. The molecular weight excluding hydrogens is 208 g/mol. The van der Waals surface area contributed by atoms with Crippen LogP contribution in [0.4, 0.5) is 0 Å². The lowest BCUT2D eigenvalue weighted by atomic mass is 10.00. The Hall–Kier alpha value is -0.870. The molecule has 0 bridgehead atoms. The third-order valence-electron chi connectivity index (χ3n) is 3.35. The van der Waals surface area contributed by atoms with E-state index in [0.29, 0.717) is 12.5 Å². The van der Waals surface area contributed by atoms with E-state index >= 15 is 0 Å². The second-order valence-corrected chi connectivity index (χ2v) is 4.60. The van der Waals surface area contributed by atoms with Gasteiger partial charge in [0.15, 0.2) is 0 Å². The predicted molar refractivity (Wildman–Crippen MR) is 58.0 cm³/mol. The lowest BCUT2D eigenvalue weighted by Gasteiger charge is -2.13. The Morgan fingerprint density at radius 1 is 1.44 bits per heavy atom. The molecule has 2 rings (SSSR count). The van der Waals surface area contributed by atoms with Gasteiger partial charge < -0.3 is 14.9 Å². The van der Waals surface area contributed by atoms with Crippen molar-refractivity contribution in [1.82, 2.24) is 0 Å². The molecule has 0 unspecified atom stereocenters. The number of aliphatic hydroxyl groups excluding tert-OH is 1. The first-order chi connectivity index (χ1) is 7.68. The van der Waals surface area contributed by atoms with E-state index in [1.165, 1.54) is 0 Å². The standard InChI is InChI=1S/C12H18O4/c13-9-7-10-12(16-10)8(9)5-3-1-2-4-6-11(14)15/h1,3,8-10,12-13H,2,4-7H2,(H,14,15)/t8-,9-,10+,12-/m0/s1. The first kappa shape index (κ1) is 11.6. The fraction of sp³-hybridized carbons (Fsp3) is 0.750. The highest BCUT2D eigenvalue weighted by Crippen LogP contribution is 2.44. The molecule has 2 fully saturated rings. The zero-order valence-electron chi connectivity index (χ0n) is 9.21. The molecule has 0 aromatic rings. The summed E-state index contributed by atoms with van der Waals surface area (Å²) >= 11 is 0. The van der Waals surface area contributed by atoms with Gasteiger partial charge in [0.25, 0.3) is 0 Å². The molecule has 1 aliphatic heterocycles. The van der Waals surface area contributed by atoms with Crippen LogP contribution in [0.1, 0.15) is 32.1 Å². The number of allylic oxidation sites excluding steroid dienone is 2. The van der Waals surface area contributed by atoms with Gasteiger partial charge in [-0.15, -0.1) is 0 Å². The number of ether oxygens (including phenoxy) is 1. The Balaban J connectivity index is 1.60. The van der Waals surface area contributed by atoms with Gasteiger partial charge in [-0.05, 0) is 19.3 Å². The van der Waals surface area contributed by atoms with Crippen molar-refractivity contribution in [1.29, 1.82) is 0 Å². The van der Waals surface area contributed by atoms with Gasteiger partial charge in [0.2, 0.25) is 0 Å². The van der Waals surface area contributed by atoms with E-state index in [2.05, 4.69) is 0 Å². The molecule has 16 heavy (non-hydrogen) atoms. The number of epoxide rings is 1. The number of unbranched alkanes of at least 4 members (excludes halogenated alkanes) is 1. The molecule has 2 N–H and O–H groups in total. The van der Waals surface area contributed by atoms with Gasteiger partial charge in [-0.1, -0.05) is 12.2 Å². The van der Waals surface area contributed by atoms with Crippen LogP contribution in [-0.2, 0) is 9.53 Å². The summed E-state index contributed by atoms with van der Waals surface area (Å²) in [5.74, 6) is -0.491. The van der Waals surface area contributed by atoms with Crippen molar-refractivity contribution in [2.24, 2.45) is 5.92 Å². The summed E-state index contributed by atoms with van der Waals surface area (Å²) < 4.78 is 5.37. The van der Waals surface area contributed by atoms with Crippen molar-refractivity contribution in [3.8, 4) is 0 Å². The Morgan fingerprint density at radius 2 is 2.25 bits per heavy atom.